The summed E-state index contributed by atoms with van der Waals surface area (Å²) in [7, 11) is -0.556. The van der Waals surface area contributed by atoms with Crippen LogP contribution in [0.5, 0.6) is 0 Å². The highest BCUT2D eigenvalue weighted by atomic mass is 127. The molecule has 9 fully saturated rings. The number of aromatic nitrogens is 3. The van der Waals surface area contributed by atoms with Gasteiger partial charge in [0, 0.05) is 121 Å². The second kappa shape index (κ2) is 51.2. The van der Waals surface area contributed by atoms with E-state index in [-0.39, 0.29) is 96.4 Å². The molecule has 38 heteroatoms. The van der Waals surface area contributed by atoms with Crippen LogP contribution in [0.3, 0.4) is 0 Å². The molecule has 716 valence electrons. The predicted molar refractivity (Wildman–Crippen MR) is 515 cm³/mol. The number of Topliss-reactive ketones (excluding diaryl/α,β-unsaturated/α-hetero) is 1. The lowest BCUT2D eigenvalue weighted by molar-refractivity contribution is -0.143. The lowest BCUT2D eigenvalue weighted by Crippen LogP contribution is -2.50. The molecule has 0 radical (unpaired) electrons. The first-order valence-electron chi connectivity index (χ1n) is 43.3. The predicted octanol–water partition coefficient (Wildman–Crippen LogP) is 17.0. The number of aliphatic hydroxyl groups is 4. The van der Waals surface area contributed by atoms with Crippen LogP contribution in [0.4, 0.5) is 63.9 Å². The van der Waals surface area contributed by atoms with Gasteiger partial charge in [0.2, 0.25) is 17.8 Å². The van der Waals surface area contributed by atoms with Crippen molar-refractivity contribution in [3.05, 3.63) is 88.7 Å². The van der Waals surface area contributed by atoms with Crippen molar-refractivity contribution in [3.63, 3.8) is 0 Å². The number of urea groups is 1. The Hall–Kier alpha value is -4.38. The molecule has 0 unspecified atom stereocenters. The van der Waals surface area contributed by atoms with E-state index in [1.54, 1.807) is 12.1 Å². The number of alkyl halides is 3. The Morgan fingerprint density at radius 1 is 0.563 bits per heavy atom. The van der Waals surface area contributed by atoms with E-state index >= 15 is 0 Å². The van der Waals surface area contributed by atoms with Crippen molar-refractivity contribution in [1.82, 2.24) is 35.8 Å². The molecule has 126 heavy (non-hydrogen) atoms. The molecule has 5 saturated carbocycles. The summed E-state index contributed by atoms with van der Waals surface area (Å²) in [4.78, 5) is 62.1. The third kappa shape index (κ3) is 43.1. The fourth-order valence-electron chi connectivity index (χ4n) is 14.9. The number of hydrogen-bond acceptors (Lipinski definition) is 22. The molecule has 4 saturated heterocycles. The maximum atomic E-state index is 13.2. The Morgan fingerprint density at radius 3 is 1.36 bits per heavy atom. The molecular formula is C88H141BClF6I3N12O14S. The van der Waals surface area contributed by atoms with Crippen LogP contribution >= 0.6 is 93.7 Å². The highest BCUT2D eigenvalue weighted by molar-refractivity contribution is 14.1. The van der Waals surface area contributed by atoms with E-state index < -0.39 is 78.0 Å². The smallest absolute Gasteiger partial charge is 0.444 e. The average Bonchev–Trinajstić information content (AvgIpc) is 1.61. The van der Waals surface area contributed by atoms with E-state index in [1.807, 2.05) is 125 Å². The molecule has 1 aromatic carbocycles. The number of rotatable bonds is 10. The van der Waals surface area contributed by atoms with Crippen molar-refractivity contribution in [2.24, 2.45) is 11.7 Å². The fraction of sp³-hybridized carbons (Fsp3) is 0.716. The Morgan fingerprint density at radius 2 is 0.960 bits per heavy atom. The molecular weight excluding hydrogens is 2020 g/mol. The summed E-state index contributed by atoms with van der Waals surface area (Å²) in [5.74, 6) is 0.262. The molecule has 12 N–H and O–H groups in total. The second-order valence-corrected chi connectivity index (χ2v) is 42.0. The number of nitrogens with two attached hydrogens (primary N) is 1. The first-order chi connectivity index (χ1) is 57.5. The van der Waals surface area contributed by atoms with Gasteiger partial charge in [0.15, 0.2) is 0 Å². The highest BCUT2D eigenvalue weighted by Gasteiger charge is 2.52. The number of benzene rings is 1. The molecule has 1 atom stereocenters. The molecule has 4 aliphatic heterocycles. The van der Waals surface area contributed by atoms with E-state index in [4.69, 9.17) is 44.1 Å². The van der Waals surface area contributed by atoms with Gasteiger partial charge in [0.05, 0.1) is 62.0 Å². The number of aryl methyl sites for hydroxylation is 1. The quantitative estimate of drug-likeness (QED) is 0.0304. The van der Waals surface area contributed by atoms with Crippen LogP contribution in [0.15, 0.2) is 54.6 Å². The lowest BCUT2D eigenvalue weighted by atomic mass is 9.76. The standard InChI is InChI=1S/C20H28BF3N2O3.C16H24IN3O2.C12H16FIN2O.C12H23NO3.C12H21NO3.C7H15NO.C5H2F2IN.C4H9NO.ClH.H2S/c1-13-6-7-15(10-16(13)21-28-18(2,3)19(4,5)29-21)25-17(27)26-9-8-14(12-26)11-20(22,23)24;1-16(4-2-13(21)3-5-16)19-14-10-12(17)11-15(18-14)20-6-8-22-9-7-20;1-12(4-2-9(17)3-5-12)16-11-7-8(14)6-10(13)15-11;2*1-11(2,3)16-10(15)13-12(4)7-5-9(14)6-8-12;1-7(8)4-2-6(9)3-5-7;6-4-1-3(8)2-5(7)9-4;1-3-6-4-2-5-1;;/h6-7,10,14H,8-9,11-12H2,1-5H3,(H,25,27);10-11,13,21H,2-9H2,1H3,(H,18,19);6-7,9,17H,2-5H2,1H3,(H,15,16);9,14H,5-8H2,1-4H3,(H,13,15);5-8H2,1-4H3,(H,13,15);6,9H,2-5,8H2,1H3;1-2H;5H,1-4H2;1H;1H2/t14-;;;;;;;;;/m0........./s1. The van der Waals surface area contributed by atoms with E-state index in [0.29, 0.717) is 53.7 Å². The molecule has 5 aliphatic carbocycles. The third-order valence-electron chi connectivity index (χ3n) is 23.2. The number of halogens is 10. The number of aliphatic hydroxyl groups excluding tert-OH is 4. The molecule has 0 bridgehead atoms. The van der Waals surface area contributed by atoms with Crippen molar-refractivity contribution in [2.45, 2.75) is 333 Å². The zero-order valence-corrected chi connectivity index (χ0v) is 84.6. The summed E-state index contributed by atoms with van der Waals surface area (Å²) in [5, 5.41) is 56.3. The number of likely N-dealkylation sites (tertiary alicyclic amines) is 1. The van der Waals surface area contributed by atoms with Crippen LogP contribution in [0.2, 0.25) is 0 Å². The number of alkyl carbamates (subject to hydrolysis) is 2. The maximum Gasteiger partial charge on any atom is 0.495 e. The molecule has 3 aromatic heterocycles. The number of morpholine rings is 2. The number of amides is 4. The molecule has 4 amide bonds. The van der Waals surface area contributed by atoms with Gasteiger partial charge in [-0.05, 0) is 342 Å². The molecule has 9 aliphatic rings. The monoisotopic (exact) mass is 2160 g/mol. The van der Waals surface area contributed by atoms with Gasteiger partial charge in [-0.2, -0.15) is 44.8 Å². The molecule has 13 rings (SSSR count). The van der Waals surface area contributed by atoms with Crippen LogP contribution in [0.1, 0.15) is 251 Å². The third-order valence-corrected chi connectivity index (χ3v) is 25.1. The number of carbonyl (C=O) groups excluding carboxylic acids is 4. The van der Waals surface area contributed by atoms with Gasteiger partial charge in [0.25, 0.3) is 0 Å². The van der Waals surface area contributed by atoms with Gasteiger partial charge >= 0.3 is 31.5 Å². The van der Waals surface area contributed by atoms with E-state index in [0.717, 1.165) is 194 Å². The van der Waals surface area contributed by atoms with E-state index in [1.165, 1.54) is 14.5 Å². The van der Waals surface area contributed by atoms with Gasteiger partial charge in [-0.25, -0.2) is 24.4 Å². The van der Waals surface area contributed by atoms with Crippen LogP contribution in [0, 0.1) is 41.4 Å². The van der Waals surface area contributed by atoms with E-state index in [9.17, 15) is 60.8 Å². The van der Waals surface area contributed by atoms with Gasteiger partial charge < -0.3 is 96.1 Å². The number of nitrogens with one attached hydrogen (secondary N) is 6. The number of ketones is 1. The minimum atomic E-state index is -4.20. The maximum absolute atomic E-state index is 13.2. The van der Waals surface area contributed by atoms with Crippen LogP contribution in [0.25, 0.3) is 0 Å². The fourth-order valence-corrected chi connectivity index (χ4v) is 16.6. The second-order valence-electron chi connectivity index (χ2n) is 38.3. The van der Waals surface area contributed by atoms with Crippen LogP contribution in [-0.2, 0) is 33.1 Å². The first kappa shape index (κ1) is 114. The van der Waals surface area contributed by atoms with Crippen molar-refractivity contribution in [1.29, 1.82) is 0 Å². The normalized spacial score (nSPS) is 26.0. The van der Waals surface area contributed by atoms with Crippen molar-refractivity contribution < 1.29 is 94.2 Å². The lowest BCUT2D eigenvalue weighted by Gasteiger charge is -2.37. The van der Waals surface area contributed by atoms with Gasteiger partial charge in [-0.15, -0.1) is 12.4 Å². The van der Waals surface area contributed by atoms with E-state index in [2.05, 4.69) is 125 Å². The topological polar surface area (TPSA) is 348 Å². The molecule has 7 heterocycles. The summed E-state index contributed by atoms with van der Waals surface area (Å²) in [6, 6.07) is 14.8. The number of nitrogens with zero attached hydrogens (tertiary/aromatic N) is 5. The van der Waals surface area contributed by atoms with Gasteiger partial charge in [0.1, 0.15) is 34.4 Å². The van der Waals surface area contributed by atoms with Crippen LogP contribution < -0.4 is 48.0 Å². The summed E-state index contributed by atoms with van der Waals surface area (Å²) >= 11 is 6.24. The number of ether oxygens (including phenoxy) is 4. The van der Waals surface area contributed by atoms with Gasteiger partial charge in [-0.1, -0.05) is 11.6 Å². The van der Waals surface area contributed by atoms with Gasteiger partial charge in [-0.3, -0.25) is 4.79 Å². The van der Waals surface area contributed by atoms with Crippen molar-refractivity contribution >= 4 is 153 Å². The number of anilines is 4. The summed E-state index contributed by atoms with van der Waals surface area (Å²) in [5.41, 5.74) is 5.67. The zero-order valence-electron chi connectivity index (χ0n) is 76.3. The first-order valence-corrected chi connectivity index (χ1v) is 46.5. The molecule has 0 spiro atoms. The van der Waals surface area contributed by atoms with Crippen molar-refractivity contribution in [3.8, 4) is 0 Å². The highest BCUT2D eigenvalue weighted by Crippen LogP contribution is 2.39. The Balaban J connectivity index is 0.000000312. The minimum Gasteiger partial charge on any atom is -0.444 e. The summed E-state index contributed by atoms with van der Waals surface area (Å²) < 4.78 is 111. The Labute approximate surface area is 796 Å². The summed E-state index contributed by atoms with van der Waals surface area (Å²) in [6.07, 6.45) is 10.2. The number of hydrogen-bond donors (Lipinski definition) is 11. The molecule has 26 nitrogen and oxygen atoms in total. The molecule has 4 aromatic rings. The van der Waals surface area contributed by atoms with Crippen LogP contribution in [-0.4, -0.2) is 218 Å². The Kier molecular flexibility index (Phi) is 46.3. The number of carbonyl (C=O) groups is 4. The minimum absolute atomic E-state index is 0. The largest absolute Gasteiger partial charge is 0.495 e. The average molecular weight is 2160 g/mol. The zero-order chi connectivity index (χ0) is 92.5. The Bertz CT molecular complexity index is 3910. The SMILES string of the molecule is C1COCCN1.CC1(N)CCC(O)CC1.CC1(NC(=O)OC(C)(C)C)CCC(=O)CC1.CC1(NC(=O)OC(C)(C)C)CCC(O)CC1.CC1(Nc2cc(I)cc(F)n2)CCC(O)CC1.CC1(Nc2cc(I)cc(N3CCOCC3)n2)CCC(O)CC1.Cc1ccc(NC(=O)N2CC[C@@H](CC(F)(F)F)C2)cc1B1OC(C)(C)C(C)(C)O1.Cl.Fc1cc(I)cc(F)n1.S. The number of pyridine rings is 3. The van der Waals surface area contributed by atoms with Crippen molar-refractivity contribution in [2.75, 3.05) is 86.5 Å². The summed E-state index contributed by atoms with van der Waals surface area (Å²) in [6.45, 7) is 38.8.